The highest BCUT2D eigenvalue weighted by Crippen LogP contribution is 2.28. The van der Waals surface area contributed by atoms with Crippen LogP contribution in [0.1, 0.15) is 16.1 Å². The van der Waals surface area contributed by atoms with Crippen LogP contribution in [0.2, 0.25) is 0 Å². The van der Waals surface area contributed by atoms with Crippen molar-refractivity contribution in [1.29, 1.82) is 5.26 Å². The molecule has 2 rings (SSSR count). The molecule has 0 radical (unpaired) electrons. The van der Waals surface area contributed by atoms with Gasteiger partial charge in [-0.25, -0.2) is 14.2 Å². The second kappa shape index (κ2) is 4.31. The molecule has 1 heterocycles. The molecule has 1 aromatic carbocycles. The number of hydrogen-bond acceptors (Lipinski definition) is 4. The first-order chi connectivity index (χ1) is 8.13. The van der Waals surface area contributed by atoms with Gasteiger partial charge in [-0.15, -0.1) is 11.3 Å². The third kappa shape index (κ3) is 2.00. The predicted molar refractivity (Wildman–Crippen MR) is 59.2 cm³/mol. The molecule has 0 saturated carbocycles. The summed E-state index contributed by atoms with van der Waals surface area (Å²) in [5.41, 5.74) is 1.66. The highest BCUT2D eigenvalue weighted by Gasteiger charge is 2.16. The molecule has 0 aliphatic carbocycles. The van der Waals surface area contributed by atoms with E-state index in [0.717, 1.165) is 17.4 Å². The lowest BCUT2D eigenvalue weighted by Gasteiger charge is -2.00. The van der Waals surface area contributed by atoms with E-state index in [1.807, 2.05) is 0 Å². The molecule has 0 fully saturated rings. The maximum absolute atomic E-state index is 13.1. The van der Waals surface area contributed by atoms with Crippen molar-refractivity contribution >= 4 is 17.3 Å². The van der Waals surface area contributed by atoms with Crippen molar-refractivity contribution in [3.05, 3.63) is 40.8 Å². The van der Waals surface area contributed by atoms with Crippen molar-refractivity contribution in [1.82, 2.24) is 4.98 Å². The molecule has 0 atom stereocenters. The summed E-state index contributed by atoms with van der Waals surface area (Å²) in [5.74, 6) is -1.78. The standard InChI is InChI=1S/C11H5FN2O2S/c12-8-2-1-6(3-7(8)4-13)10-9(11(15)16)14-5-17-10/h1-3,5H,(H,15,16). The molecule has 1 aromatic heterocycles. The van der Waals surface area contributed by atoms with Gasteiger partial charge in [-0.3, -0.25) is 0 Å². The third-order valence-electron chi connectivity index (χ3n) is 2.12. The van der Waals surface area contributed by atoms with E-state index in [9.17, 15) is 9.18 Å². The van der Waals surface area contributed by atoms with Gasteiger partial charge in [-0.1, -0.05) is 6.07 Å². The van der Waals surface area contributed by atoms with Gasteiger partial charge in [0.05, 0.1) is 16.0 Å². The number of carboxylic acid groups (broad SMARTS) is 1. The van der Waals surface area contributed by atoms with Crippen LogP contribution in [0.5, 0.6) is 0 Å². The van der Waals surface area contributed by atoms with Gasteiger partial charge in [0.15, 0.2) is 5.69 Å². The summed E-state index contributed by atoms with van der Waals surface area (Å²) in [7, 11) is 0. The Balaban J connectivity index is 2.58. The van der Waals surface area contributed by atoms with E-state index in [2.05, 4.69) is 4.98 Å². The minimum Gasteiger partial charge on any atom is -0.476 e. The fourth-order valence-corrected chi connectivity index (χ4v) is 2.13. The molecule has 17 heavy (non-hydrogen) atoms. The quantitative estimate of drug-likeness (QED) is 0.886. The SMILES string of the molecule is N#Cc1cc(-c2scnc2C(=O)O)ccc1F. The van der Waals surface area contributed by atoms with E-state index in [0.29, 0.717) is 10.4 Å². The Hall–Kier alpha value is -2.26. The lowest BCUT2D eigenvalue weighted by Crippen LogP contribution is -1.98. The van der Waals surface area contributed by atoms with E-state index >= 15 is 0 Å². The van der Waals surface area contributed by atoms with Gasteiger partial charge >= 0.3 is 5.97 Å². The second-order valence-corrected chi connectivity index (χ2v) is 4.00. The average molecular weight is 248 g/mol. The molecular weight excluding hydrogens is 243 g/mol. The van der Waals surface area contributed by atoms with Gasteiger partial charge < -0.3 is 5.11 Å². The van der Waals surface area contributed by atoms with Crippen LogP contribution >= 0.6 is 11.3 Å². The number of carbonyl (C=O) groups is 1. The summed E-state index contributed by atoms with van der Waals surface area (Å²) in [4.78, 5) is 15.0. The number of rotatable bonds is 2. The smallest absolute Gasteiger partial charge is 0.356 e. The summed E-state index contributed by atoms with van der Waals surface area (Å²) >= 11 is 1.13. The highest BCUT2D eigenvalue weighted by molar-refractivity contribution is 7.13. The molecule has 0 aliphatic heterocycles. The molecule has 0 aliphatic rings. The number of benzene rings is 1. The number of aromatic nitrogens is 1. The number of thiazole rings is 1. The summed E-state index contributed by atoms with van der Waals surface area (Å²) in [6.45, 7) is 0. The fraction of sp³-hybridized carbons (Fsp3) is 0. The van der Waals surface area contributed by atoms with E-state index in [1.165, 1.54) is 17.6 Å². The van der Waals surface area contributed by atoms with Crippen LogP contribution in [0.15, 0.2) is 23.7 Å². The summed E-state index contributed by atoms with van der Waals surface area (Å²) < 4.78 is 13.1. The van der Waals surface area contributed by atoms with Gasteiger partial charge in [0.1, 0.15) is 11.9 Å². The van der Waals surface area contributed by atoms with Crippen LogP contribution in [0.4, 0.5) is 4.39 Å². The number of nitriles is 1. The van der Waals surface area contributed by atoms with Crippen LogP contribution in [-0.2, 0) is 0 Å². The van der Waals surface area contributed by atoms with Crippen LogP contribution < -0.4 is 0 Å². The Morgan fingerprint density at radius 2 is 2.29 bits per heavy atom. The first kappa shape index (κ1) is 11.2. The van der Waals surface area contributed by atoms with Crippen molar-refractivity contribution in [2.45, 2.75) is 0 Å². The third-order valence-corrected chi connectivity index (χ3v) is 2.99. The van der Waals surface area contributed by atoms with Crippen molar-refractivity contribution in [3.8, 4) is 16.5 Å². The fourth-order valence-electron chi connectivity index (χ4n) is 1.36. The van der Waals surface area contributed by atoms with E-state index in [-0.39, 0.29) is 11.3 Å². The number of carboxylic acids is 1. The Morgan fingerprint density at radius 3 is 2.94 bits per heavy atom. The largest absolute Gasteiger partial charge is 0.476 e. The van der Waals surface area contributed by atoms with Crippen molar-refractivity contribution in [3.63, 3.8) is 0 Å². The Kier molecular flexibility index (Phi) is 2.85. The first-order valence-electron chi connectivity index (χ1n) is 4.50. The molecule has 2 aromatic rings. The molecule has 4 nitrogen and oxygen atoms in total. The predicted octanol–water partition coefficient (Wildman–Crippen LogP) is 2.52. The Labute approximate surface area is 99.6 Å². The van der Waals surface area contributed by atoms with E-state index in [4.69, 9.17) is 10.4 Å². The molecule has 0 unspecified atom stereocenters. The van der Waals surface area contributed by atoms with E-state index in [1.54, 1.807) is 6.07 Å². The molecule has 6 heteroatoms. The normalized spacial score (nSPS) is 9.88. The number of halogens is 1. The molecule has 1 N–H and O–H groups in total. The monoisotopic (exact) mass is 248 g/mol. The summed E-state index contributed by atoms with van der Waals surface area (Å²) in [5, 5.41) is 17.6. The van der Waals surface area contributed by atoms with Gasteiger partial charge in [0.2, 0.25) is 0 Å². The van der Waals surface area contributed by atoms with Gasteiger partial charge in [0, 0.05) is 0 Å². The zero-order valence-corrected chi connectivity index (χ0v) is 9.16. The van der Waals surface area contributed by atoms with Crippen LogP contribution in [-0.4, -0.2) is 16.1 Å². The molecule has 0 saturated heterocycles. The van der Waals surface area contributed by atoms with Crippen molar-refractivity contribution < 1.29 is 14.3 Å². The van der Waals surface area contributed by atoms with Crippen LogP contribution in [0.3, 0.4) is 0 Å². The zero-order chi connectivity index (χ0) is 12.4. The first-order valence-corrected chi connectivity index (χ1v) is 5.38. The average Bonchev–Trinajstić information content (AvgIpc) is 2.78. The van der Waals surface area contributed by atoms with Crippen LogP contribution in [0, 0.1) is 17.1 Å². The minimum atomic E-state index is -1.15. The van der Waals surface area contributed by atoms with Crippen molar-refractivity contribution in [2.24, 2.45) is 0 Å². The maximum Gasteiger partial charge on any atom is 0.356 e. The Morgan fingerprint density at radius 1 is 1.53 bits per heavy atom. The van der Waals surface area contributed by atoms with E-state index < -0.39 is 11.8 Å². The molecule has 84 valence electrons. The van der Waals surface area contributed by atoms with Crippen molar-refractivity contribution in [2.75, 3.05) is 0 Å². The molecule has 0 bridgehead atoms. The summed E-state index contributed by atoms with van der Waals surface area (Å²) in [6, 6.07) is 5.59. The lowest BCUT2D eigenvalue weighted by molar-refractivity contribution is 0.0692. The van der Waals surface area contributed by atoms with Gasteiger partial charge in [0.25, 0.3) is 0 Å². The number of hydrogen-bond donors (Lipinski definition) is 1. The zero-order valence-electron chi connectivity index (χ0n) is 8.35. The molecule has 0 spiro atoms. The highest BCUT2D eigenvalue weighted by atomic mass is 32.1. The topological polar surface area (TPSA) is 74.0 Å². The lowest BCUT2D eigenvalue weighted by atomic mass is 10.1. The van der Waals surface area contributed by atoms with Gasteiger partial charge in [-0.2, -0.15) is 5.26 Å². The molecule has 0 amide bonds. The second-order valence-electron chi connectivity index (χ2n) is 3.14. The molecular formula is C11H5FN2O2S. The van der Waals surface area contributed by atoms with Crippen LogP contribution in [0.25, 0.3) is 10.4 Å². The Bertz CT molecular complexity index is 631. The van der Waals surface area contributed by atoms with Gasteiger partial charge in [-0.05, 0) is 17.7 Å². The number of nitrogens with zero attached hydrogens (tertiary/aromatic N) is 2. The number of aromatic carboxylic acids is 1. The maximum atomic E-state index is 13.1. The summed E-state index contributed by atoms with van der Waals surface area (Å²) in [6.07, 6.45) is 0. The minimum absolute atomic E-state index is 0.0921.